The summed E-state index contributed by atoms with van der Waals surface area (Å²) in [5.74, 6) is 4.93. The standard InChI is InChI=1S/C21H21N3O2S2.C15H18N2O2S.C14H11NO3S.C12H16N2O2S.C12H14N2O2.2C7H12N2S/c1-6-14-9-15-10-16(7-8-17(15)22-11-14)26-19(27-5)18(25)24-21(3,4)20-23-13(2)12-28-20;1-11-10-20-13(16-11)15(2,3)17-14(18)19-9-12-7-5-4-6-8-12;1-3-9-6-10-7-11(4-5-12(10)15-8-9)18-14(19-2)13(16)17;1-12(2,10(13)17)14-11(15)16-8-9-6-4-3-5-7-9;1-12(2,9-13)14-11(15)16-8-10-6-4-3-5-7-10;2*1-5-4-10-6(9-5)7(2,3)8/h1,7-12,19H,2-5H3,(H,24,25);4-8,10H,9H2,1-3H3,(H,17,18);1,4-8,14H,2H3,(H,16,17);3-7H,8H2,1-2H3,(H2,13,17)(H,14,15);3-7H,8H2,1-2H3,(H,14,15);2*4H,8H2,1-3H3. The topological polar surface area (TPSA) is 379 Å². The van der Waals surface area contributed by atoms with E-state index < -0.39 is 57.3 Å². The van der Waals surface area contributed by atoms with E-state index in [0.29, 0.717) is 22.6 Å². The lowest BCUT2D eigenvalue weighted by atomic mass is 10.1. The molecule has 2 atom stereocenters. The molecule has 32 heteroatoms. The number of rotatable bonds is 23. The number of amides is 4. The van der Waals surface area contributed by atoms with Crippen molar-refractivity contribution in [3.8, 4) is 42.3 Å². The lowest BCUT2D eigenvalue weighted by Crippen LogP contribution is -2.52. The number of carboxylic acid groups (broad SMARTS) is 1. The van der Waals surface area contributed by atoms with E-state index in [4.69, 9.17) is 76.3 Å². The normalized spacial score (nSPS) is 11.5. The molecule has 4 amide bonds. The number of aryl methyl sites for hydroxylation is 4. The maximum atomic E-state index is 12.8. The van der Waals surface area contributed by atoms with Crippen molar-refractivity contribution in [1.29, 1.82) is 5.26 Å². The molecule has 11 aromatic rings. The molecule has 6 heterocycles. The molecule has 11 rings (SSSR count). The number of nitrogens with two attached hydrogens (primary N) is 3. The van der Waals surface area contributed by atoms with Crippen LogP contribution in [0.15, 0.2) is 173 Å². The number of alkyl carbamates (subject to hydrolysis) is 3. The van der Waals surface area contributed by atoms with Gasteiger partial charge < -0.3 is 67.3 Å². The van der Waals surface area contributed by atoms with Crippen LogP contribution in [0.1, 0.15) is 154 Å². The van der Waals surface area contributed by atoms with Gasteiger partial charge in [-0.25, -0.2) is 39.1 Å². The second-order valence-corrected chi connectivity index (χ2v) is 35.5. The predicted molar refractivity (Wildman–Crippen MR) is 489 cm³/mol. The number of fused-ring (bicyclic) bond motifs is 2. The predicted octanol–water partition coefficient (Wildman–Crippen LogP) is 17.6. The largest absolute Gasteiger partial charge is 0.478 e. The number of thiazole rings is 4. The van der Waals surface area contributed by atoms with Crippen LogP contribution in [0.4, 0.5) is 14.4 Å². The summed E-state index contributed by atoms with van der Waals surface area (Å²) in [6, 6.07) is 44.7. The molecule has 634 valence electrons. The molecular formula is C88H104N14O11S7. The number of nitriles is 1. The van der Waals surface area contributed by atoms with Crippen molar-refractivity contribution < 1.29 is 52.8 Å². The van der Waals surface area contributed by atoms with Crippen LogP contribution >= 0.6 is 81.1 Å². The van der Waals surface area contributed by atoms with Crippen molar-refractivity contribution in [2.75, 3.05) is 12.5 Å². The molecule has 0 aliphatic heterocycles. The van der Waals surface area contributed by atoms with Gasteiger partial charge >= 0.3 is 24.2 Å². The first-order valence-corrected chi connectivity index (χ1v) is 43.5. The number of thiocarbonyl (C=S) groups is 1. The highest BCUT2D eigenvalue weighted by Gasteiger charge is 2.32. The van der Waals surface area contributed by atoms with Gasteiger partial charge in [-0.3, -0.25) is 14.8 Å². The van der Waals surface area contributed by atoms with Crippen molar-refractivity contribution in [1.82, 2.24) is 51.2 Å². The van der Waals surface area contributed by atoms with E-state index >= 15 is 0 Å². The molecule has 0 aliphatic carbocycles. The van der Waals surface area contributed by atoms with Crippen LogP contribution in [0, 0.1) is 63.7 Å². The molecular weight excluding hydrogens is 1650 g/mol. The Morgan fingerprint density at radius 1 is 0.500 bits per heavy atom. The lowest BCUT2D eigenvalue weighted by Gasteiger charge is -2.26. The smallest absolute Gasteiger partial charge is 0.408 e. The Hall–Kier alpha value is -11.1. The zero-order valence-electron chi connectivity index (χ0n) is 70.4. The summed E-state index contributed by atoms with van der Waals surface area (Å²) in [5, 5.41) is 42.0. The Morgan fingerprint density at radius 3 is 1.13 bits per heavy atom. The fourth-order valence-electron chi connectivity index (χ4n) is 9.37. The number of terminal acetylenes is 2. The zero-order chi connectivity index (χ0) is 89.2. The van der Waals surface area contributed by atoms with Gasteiger partial charge in [0.25, 0.3) is 5.91 Å². The molecule has 0 spiro atoms. The summed E-state index contributed by atoms with van der Waals surface area (Å²) in [6.45, 7) is 30.7. The van der Waals surface area contributed by atoms with Gasteiger partial charge in [0.05, 0.1) is 49.8 Å². The molecule has 0 aliphatic rings. The van der Waals surface area contributed by atoms with E-state index in [2.05, 4.69) is 63.0 Å². The zero-order valence-corrected chi connectivity index (χ0v) is 76.1. The maximum absolute atomic E-state index is 12.8. The Kier molecular flexibility index (Phi) is 39.0. The van der Waals surface area contributed by atoms with Crippen LogP contribution in [-0.2, 0) is 65.8 Å². The van der Waals surface area contributed by atoms with Gasteiger partial charge in [-0.1, -0.05) is 115 Å². The number of nitrogens with zero attached hydrogens (tertiary/aromatic N) is 7. The van der Waals surface area contributed by atoms with Crippen molar-refractivity contribution in [3.05, 3.63) is 244 Å². The van der Waals surface area contributed by atoms with Crippen LogP contribution in [-0.4, -0.2) is 105 Å². The molecule has 11 N–H and O–H groups in total. The maximum Gasteiger partial charge on any atom is 0.408 e. The summed E-state index contributed by atoms with van der Waals surface area (Å²) in [6.07, 6.45) is 16.0. The van der Waals surface area contributed by atoms with E-state index in [0.717, 1.165) is 93.1 Å². The molecule has 0 bridgehead atoms. The highest BCUT2D eigenvalue weighted by Crippen LogP contribution is 2.30. The van der Waals surface area contributed by atoms with Crippen LogP contribution in [0.2, 0.25) is 0 Å². The highest BCUT2D eigenvalue weighted by atomic mass is 32.2. The number of benzene rings is 5. The quantitative estimate of drug-likeness (QED) is 0.0128. The monoisotopic (exact) mass is 1760 g/mol. The summed E-state index contributed by atoms with van der Waals surface area (Å²) in [4.78, 5) is 84.6. The van der Waals surface area contributed by atoms with Crippen LogP contribution in [0.3, 0.4) is 0 Å². The molecule has 5 aromatic carbocycles. The number of pyridine rings is 2. The van der Waals surface area contributed by atoms with Gasteiger partial charge in [0.1, 0.15) is 56.9 Å². The Balaban J connectivity index is 0.000000255. The van der Waals surface area contributed by atoms with Crippen LogP contribution in [0.25, 0.3) is 21.8 Å². The number of aromatic nitrogens is 6. The summed E-state index contributed by atoms with van der Waals surface area (Å²) >= 11 is 13.6. The number of hydrogen-bond acceptors (Lipinski definition) is 26. The van der Waals surface area contributed by atoms with Gasteiger partial charge in [0.2, 0.25) is 10.9 Å². The van der Waals surface area contributed by atoms with E-state index in [1.165, 1.54) is 34.4 Å². The molecule has 0 saturated heterocycles. The molecule has 25 nitrogen and oxygen atoms in total. The van der Waals surface area contributed by atoms with Gasteiger partial charge in [0, 0.05) is 78.6 Å². The minimum absolute atomic E-state index is 0.203. The Bertz CT molecular complexity index is 5240. The van der Waals surface area contributed by atoms with E-state index in [1.54, 1.807) is 93.3 Å². The first-order valence-electron chi connectivity index (χ1n) is 37.0. The first kappa shape index (κ1) is 99.5. The summed E-state index contributed by atoms with van der Waals surface area (Å²) < 4.78 is 26.6. The fourth-order valence-corrected chi connectivity index (χ4v) is 13.7. The lowest BCUT2D eigenvalue weighted by molar-refractivity contribution is -0.141. The minimum atomic E-state index is -1.01. The van der Waals surface area contributed by atoms with E-state index in [1.807, 2.05) is 232 Å². The third-order valence-electron chi connectivity index (χ3n) is 15.8. The average molecular weight is 1760 g/mol. The van der Waals surface area contributed by atoms with Crippen molar-refractivity contribution in [3.63, 3.8) is 0 Å². The van der Waals surface area contributed by atoms with Crippen molar-refractivity contribution >= 4 is 138 Å². The summed E-state index contributed by atoms with van der Waals surface area (Å²) in [5.41, 5.74) is 21.9. The SMILES string of the molecule is C#Cc1cnc2ccc(OC(SC)C(=O)NC(C)(C)c3nc(C)cs3)cc2c1.C#Cc1cnc2ccc(OC(SC)C(=O)O)cc2c1.CC(C)(C#N)NC(=O)OCc1ccccc1.CC(C)(NC(=O)OCc1ccccc1)C(N)=S.Cc1csc(C(C)(C)N)n1.Cc1csc(C(C)(C)N)n1.Cc1csc(C(C)(C)NC(=O)OCc2ccccc2)n1. The van der Waals surface area contributed by atoms with Gasteiger partial charge in [-0.2, -0.15) is 5.26 Å². The average Bonchev–Trinajstić information content (AvgIpc) is 1.76. The third-order valence-corrected chi connectivity index (χ3v) is 23.0. The minimum Gasteiger partial charge on any atom is -0.478 e. The number of hydrogen-bond donors (Lipinski definition) is 8. The first-order chi connectivity index (χ1) is 56.4. The number of ether oxygens (including phenoxy) is 5. The Labute approximate surface area is 732 Å². The van der Waals surface area contributed by atoms with E-state index in [-0.39, 0.29) is 41.8 Å². The molecule has 2 unspecified atom stereocenters. The van der Waals surface area contributed by atoms with E-state index in [9.17, 15) is 24.0 Å². The van der Waals surface area contributed by atoms with Crippen molar-refractivity contribution in [2.45, 2.75) is 175 Å². The number of aliphatic carboxylic acids is 1. The van der Waals surface area contributed by atoms with Crippen LogP contribution < -0.4 is 47.9 Å². The summed E-state index contributed by atoms with van der Waals surface area (Å²) in [7, 11) is 0. The third kappa shape index (κ3) is 35.1. The molecule has 0 radical (unpaired) electrons. The molecule has 0 fully saturated rings. The fraction of sp³-hybridized carbons (Fsp3) is 0.330. The van der Waals surface area contributed by atoms with Crippen molar-refractivity contribution in [2.24, 2.45) is 17.2 Å². The van der Waals surface area contributed by atoms with Gasteiger partial charge in [-0.15, -0.1) is 81.7 Å². The van der Waals surface area contributed by atoms with Gasteiger partial charge in [0.15, 0.2) is 0 Å². The molecule has 120 heavy (non-hydrogen) atoms. The van der Waals surface area contributed by atoms with Crippen LogP contribution in [0.5, 0.6) is 11.5 Å². The highest BCUT2D eigenvalue weighted by molar-refractivity contribution is 8.00. The number of nitrogens with one attached hydrogen (secondary N) is 4. The molecule has 6 aromatic heterocycles. The number of carbonyl (C=O) groups is 5. The van der Waals surface area contributed by atoms with Gasteiger partial charge in [-0.05, 0) is 189 Å². The number of carbonyl (C=O) groups excluding carboxylic acids is 4. The Morgan fingerprint density at radius 2 is 0.833 bits per heavy atom. The second kappa shape index (κ2) is 47.0. The molecule has 0 saturated carbocycles. The number of carboxylic acids is 1. The second-order valence-electron chi connectivity index (χ2n) is 29.8. The number of thioether (sulfide) groups is 2.